The third kappa shape index (κ3) is 4.47. The van der Waals surface area contributed by atoms with Gasteiger partial charge >= 0.3 is 5.97 Å². The van der Waals surface area contributed by atoms with Crippen LogP contribution in [0.3, 0.4) is 0 Å². The molecule has 1 aliphatic heterocycles. The molecule has 26 heavy (non-hydrogen) atoms. The van der Waals surface area contributed by atoms with Gasteiger partial charge in [-0.2, -0.15) is 0 Å². The van der Waals surface area contributed by atoms with Crippen LogP contribution < -0.4 is 5.32 Å². The van der Waals surface area contributed by atoms with Crippen LogP contribution in [-0.2, 0) is 22.7 Å². The van der Waals surface area contributed by atoms with Gasteiger partial charge in [0.25, 0.3) is 5.91 Å². The van der Waals surface area contributed by atoms with Gasteiger partial charge in [-0.3, -0.25) is 4.79 Å². The minimum absolute atomic E-state index is 0.0165. The Morgan fingerprint density at radius 2 is 2.08 bits per heavy atom. The first-order chi connectivity index (χ1) is 12.6. The highest BCUT2D eigenvalue weighted by molar-refractivity contribution is 6.03. The van der Waals surface area contributed by atoms with E-state index in [9.17, 15) is 14.7 Å². The van der Waals surface area contributed by atoms with Crippen molar-refractivity contribution in [3.8, 4) is 0 Å². The summed E-state index contributed by atoms with van der Waals surface area (Å²) in [6, 6.07) is 9.45. The molecule has 2 aromatic rings. The van der Waals surface area contributed by atoms with Crippen molar-refractivity contribution in [1.82, 2.24) is 10.5 Å². The SMILES string of the molecule is O=C(NCC1CCOC1)c1noc(COCc2ccccc2)c1C(=O)O. The minimum atomic E-state index is -1.28. The van der Waals surface area contributed by atoms with Crippen LogP contribution in [0.1, 0.15) is 38.6 Å². The molecule has 138 valence electrons. The number of ether oxygens (including phenoxy) is 2. The molecule has 0 aliphatic carbocycles. The fraction of sp³-hybridized carbons (Fsp3) is 0.389. The van der Waals surface area contributed by atoms with Gasteiger partial charge in [-0.25, -0.2) is 4.79 Å². The molecule has 1 aromatic heterocycles. The summed E-state index contributed by atoms with van der Waals surface area (Å²) in [6.07, 6.45) is 0.865. The number of aromatic carboxylic acids is 1. The normalized spacial score (nSPS) is 16.5. The number of nitrogens with zero attached hydrogens (tertiary/aromatic N) is 1. The number of benzene rings is 1. The lowest BCUT2D eigenvalue weighted by Gasteiger charge is -2.08. The van der Waals surface area contributed by atoms with Gasteiger partial charge in [0, 0.05) is 19.1 Å². The van der Waals surface area contributed by atoms with Crippen molar-refractivity contribution in [2.75, 3.05) is 19.8 Å². The zero-order valence-electron chi connectivity index (χ0n) is 14.1. The van der Waals surface area contributed by atoms with Crippen molar-refractivity contribution in [1.29, 1.82) is 0 Å². The molecule has 2 heterocycles. The second kappa shape index (κ2) is 8.59. The lowest BCUT2D eigenvalue weighted by atomic mass is 10.1. The van der Waals surface area contributed by atoms with E-state index in [1.54, 1.807) is 0 Å². The molecule has 0 saturated carbocycles. The first kappa shape index (κ1) is 18.1. The van der Waals surface area contributed by atoms with Gasteiger partial charge in [0.2, 0.25) is 0 Å². The number of hydrogen-bond donors (Lipinski definition) is 2. The van der Waals surface area contributed by atoms with E-state index in [0.717, 1.165) is 12.0 Å². The van der Waals surface area contributed by atoms with Crippen LogP contribution in [0, 0.1) is 5.92 Å². The third-order valence-corrected chi connectivity index (χ3v) is 4.11. The van der Waals surface area contributed by atoms with Crippen LogP contribution in [-0.4, -0.2) is 41.9 Å². The predicted octanol–water partition coefficient (Wildman–Crippen LogP) is 1.86. The van der Waals surface area contributed by atoms with E-state index in [1.165, 1.54) is 0 Å². The molecule has 3 rings (SSSR count). The molecular weight excluding hydrogens is 340 g/mol. The molecule has 1 aromatic carbocycles. The maximum Gasteiger partial charge on any atom is 0.341 e. The summed E-state index contributed by atoms with van der Waals surface area (Å²) in [5.41, 5.74) is 0.439. The topological polar surface area (TPSA) is 111 Å². The molecular formula is C18H20N2O6. The number of carbonyl (C=O) groups excluding carboxylic acids is 1. The Bertz CT molecular complexity index is 752. The van der Waals surface area contributed by atoms with Crippen LogP contribution in [0.25, 0.3) is 0 Å². The number of carboxylic acids is 1. The zero-order chi connectivity index (χ0) is 18.4. The first-order valence-electron chi connectivity index (χ1n) is 8.34. The van der Waals surface area contributed by atoms with Crippen LogP contribution in [0.2, 0.25) is 0 Å². The Morgan fingerprint density at radius 3 is 2.77 bits per heavy atom. The maximum atomic E-state index is 12.3. The lowest BCUT2D eigenvalue weighted by Crippen LogP contribution is -2.30. The van der Waals surface area contributed by atoms with Crippen LogP contribution in [0.15, 0.2) is 34.9 Å². The average molecular weight is 360 g/mol. The van der Waals surface area contributed by atoms with Crippen LogP contribution in [0.5, 0.6) is 0 Å². The van der Waals surface area contributed by atoms with E-state index in [2.05, 4.69) is 10.5 Å². The predicted molar refractivity (Wildman–Crippen MR) is 89.7 cm³/mol. The molecule has 0 radical (unpaired) electrons. The number of rotatable bonds is 8. The average Bonchev–Trinajstić information content (AvgIpc) is 3.30. The second-order valence-corrected chi connectivity index (χ2v) is 6.05. The van der Waals surface area contributed by atoms with Crippen molar-refractivity contribution in [3.05, 3.63) is 52.9 Å². The van der Waals surface area contributed by atoms with Crippen molar-refractivity contribution < 1.29 is 28.7 Å². The fourth-order valence-electron chi connectivity index (χ4n) is 2.70. The summed E-state index contributed by atoms with van der Waals surface area (Å²) >= 11 is 0. The Morgan fingerprint density at radius 1 is 1.27 bits per heavy atom. The van der Waals surface area contributed by atoms with E-state index < -0.39 is 11.9 Å². The molecule has 2 N–H and O–H groups in total. The van der Waals surface area contributed by atoms with Crippen LogP contribution >= 0.6 is 0 Å². The molecule has 8 nitrogen and oxygen atoms in total. The molecule has 1 atom stereocenters. The summed E-state index contributed by atoms with van der Waals surface area (Å²) in [5.74, 6) is -1.61. The number of carboxylic acid groups (broad SMARTS) is 1. The second-order valence-electron chi connectivity index (χ2n) is 6.05. The monoisotopic (exact) mass is 360 g/mol. The van der Waals surface area contributed by atoms with Crippen molar-refractivity contribution >= 4 is 11.9 Å². The molecule has 1 unspecified atom stereocenters. The highest BCUT2D eigenvalue weighted by atomic mass is 16.5. The van der Waals surface area contributed by atoms with Gasteiger partial charge in [0.05, 0.1) is 13.2 Å². The Labute approximate surface area is 150 Å². The molecule has 0 bridgehead atoms. The van der Waals surface area contributed by atoms with E-state index in [4.69, 9.17) is 14.0 Å². The smallest absolute Gasteiger partial charge is 0.341 e. The van der Waals surface area contributed by atoms with E-state index >= 15 is 0 Å². The van der Waals surface area contributed by atoms with E-state index in [-0.39, 0.29) is 29.5 Å². The quantitative estimate of drug-likeness (QED) is 0.739. The minimum Gasteiger partial charge on any atom is -0.477 e. The van der Waals surface area contributed by atoms with Crippen molar-refractivity contribution in [2.24, 2.45) is 5.92 Å². The largest absolute Gasteiger partial charge is 0.477 e. The van der Waals surface area contributed by atoms with Gasteiger partial charge in [-0.15, -0.1) is 0 Å². The van der Waals surface area contributed by atoms with Gasteiger partial charge in [0.1, 0.15) is 12.2 Å². The number of amides is 1. The van der Waals surface area contributed by atoms with Gasteiger partial charge in [-0.1, -0.05) is 35.5 Å². The molecule has 1 amide bonds. The highest BCUT2D eigenvalue weighted by Crippen LogP contribution is 2.17. The highest BCUT2D eigenvalue weighted by Gasteiger charge is 2.28. The zero-order valence-corrected chi connectivity index (χ0v) is 14.1. The Kier molecular flexibility index (Phi) is 5.98. The van der Waals surface area contributed by atoms with Gasteiger partial charge in [-0.05, 0) is 12.0 Å². The lowest BCUT2D eigenvalue weighted by molar-refractivity contribution is 0.0664. The Hall–Kier alpha value is -2.71. The number of hydrogen-bond acceptors (Lipinski definition) is 6. The Balaban J connectivity index is 1.61. The number of aromatic nitrogens is 1. The van der Waals surface area contributed by atoms with E-state index in [0.29, 0.717) is 26.4 Å². The van der Waals surface area contributed by atoms with Crippen molar-refractivity contribution in [3.63, 3.8) is 0 Å². The summed E-state index contributed by atoms with van der Waals surface area (Å²) in [5, 5.41) is 15.7. The standard InChI is InChI=1S/C18H20N2O6/c21-17(19-8-13-6-7-24-10-13)16-15(18(22)23)14(26-20-16)11-25-9-12-4-2-1-3-5-12/h1-5,13H,6-11H2,(H,19,21)(H,22,23). The molecule has 1 saturated heterocycles. The van der Waals surface area contributed by atoms with Gasteiger partial charge in [0.15, 0.2) is 11.5 Å². The van der Waals surface area contributed by atoms with Gasteiger partial charge < -0.3 is 24.4 Å². The summed E-state index contributed by atoms with van der Waals surface area (Å²) in [4.78, 5) is 23.8. The first-order valence-corrected chi connectivity index (χ1v) is 8.34. The third-order valence-electron chi connectivity index (χ3n) is 4.11. The summed E-state index contributed by atoms with van der Waals surface area (Å²) in [6.45, 7) is 1.87. The fourth-order valence-corrected chi connectivity index (χ4v) is 2.70. The molecule has 1 fully saturated rings. The maximum absolute atomic E-state index is 12.3. The molecule has 8 heteroatoms. The molecule has 0 spiro atoms. The number of nitrogens with one attached hydrogen (secondary N) is 1. The number of carbonyl (C=O) groups is 2. The van der Waals surface area contributed by atoms with Crippen LogP contribution in [0.4, 0.5) is 0 Å². The summed E-state index contributed by atoms with van der Waals surface area (Å²) in [7, 11) is 0. The molecule has 1 aliphatic rings. The van der Waals surface area contributed by atoms with E-state index in [1.807, 2.05) is 30.3 Å². The summed E-state index contributed by atoms with van der Waals surface area (Å²) < 4.78 is 15.8. The van der Waals surface area contributed by atoms with Crippen molar-refractivity contribution in [2.45, 2.75) is 19.6 Å².